The molecule has 6 rings (SSSR count). The Morgan fingerprint density at radius 1 is 0.929 bits per heavy atom. The lowest BCUT2D eigenvalue weighted by Crippen LogP contribution is -2.48. The van der Waals surface area contributed by atoms with Crippen LogP contribution in [-0.4, -0.2) is 25.9 Å². The van der Waals surface area contributed by atoms with E-state index in [0.29, 0.717) is 0 Å². The number of carbonyl (C=O) groups excluding carboxylic acids is 1. The van der Waals surface area contributed by atoms with Crippen LogP contribution in [0.3, 0.4) is 0 Å². The number of fused-ring (bicyclic) bond motifs is 6. The summed E-state index contributed by atoms with van der Waals surface area (Å²) in [7, 11) is 0.317. The molecule has 142 valence electrons. The highest BCUT2D eigenvalue weighted by Crippen LogP contribution is 2.51. The van der Waals surface area contributed by atoms with Gasteiger partial charge in [-0.15, -0.1) is 45.3 Å². The van der Waals surface area contributed by atoms with Crippen LogP contribution in [0.2, 0.25) is 13.1 Å². The summed E-state index contributed by atoms with van der Waals surface area (Å²) in [5.41, 5.74) is 1.25. The first-order chi connectivity index (χ1) is 13.3. The molecule has 2 aliphatic heterocycles. The summed E-state index contributed by atoms with van der Waals surface area (Å²) >= 11 is 7.55. The molecule has 1 amide bonds. The maximum atomic E-state index is 12.5. The van der Waals surface area contributed by atoms with Crippen molar-refractivity contribution in [3.8, 4) is 19.5 Å². The van der Waals surface area contributed by atoms with Gasteiger partial charge in [-0.3, -0.25) is 4.79 Å². The molecule has 0 saturated heterocycles. The fourth-order valence-electron chi connectivity index (χ4n) is 4.64. The number of hydrogen-bond acceptors (Lipinski definition) is 5. The predicted octanol–water partition coefficient (Wildman–Crippen LogP) is 5.76. The lowest BCUT2D eigenvalue weighted by molar-refractivity contribution is 0.0820. The van der Waals surface area contributed by atoms with Gasteiger partial charge >= 0.3 is 0 Å². The summed E-state index contributed by atoms with van der Waals surface area (Å²) < 4.78 is 1.33. The first kappa shape index (κ1) is 17.6. The van der Waals surface area contributed by atoms with E-state index in [4.69, 9.17) is 0 Å². The number of carbonyl (C=O) groups is 1. The van der Waals surface area contributed by atoms with E-state index in [1.807, 2.05) is 46.0 Å². The van der Waals surface area contributed by atoms with Crippen LogP contribution < -0.4 is 10.4 Å². The van der Waals surface area contributed by atoms with Crippen molar-refractivity contribution < 1.29 is 4.79 Å². The molecular formula is C21H19NOS4Si. The number of nitrogens with zero attached hydrogens (tertiary/aromatic N) is 1. The quantitative estimate of drug-likeness (QED) is 0.333. The second kappa shape index (κ2) is 5.46. The average molecular weight is 458 g/mol. The van der Waals surface area contributed by atoms with Crippen molar-refractivity contribution in [1.82, 2.24) is 4.90 Å². The van der Waals surface area contributed by atoms with Crippen LogP contribution in [0.15, 0.2) is 12.1 Å². The van der Waals surface area contributed by atoms with Crippen LogP contribution in [0.5, 0.6) is 0 Å². The van der Waals surface area contributed by atoms with Crippen molar-refractivity contribution in [3.05, 3.63) is 32.3 Å². The molecule has 0 aromatic carbocycles. The molecule has 2 aliphatic rings. The monoisotopic (exact) mass is 457 g/mol. The highest BCUT2D eigenvalue weighted by Gasteiger charge is 2.41. The highest BCUT2D eigenvalue weighted by atomic mass is 32.1. The van der Waals surface area contributed by atoms with E-state index in [1.54, 1.807) is 21.7 Å². The van der Waals surface area contributed by atoms with Crippen LogP contribution in [0.4, 0.5) is 0 Å². The molecule has 0 unspecified atom stereocenters. The topological polar surface area (TPSA) is 20.3 Å². The molecule has 0 spiro atoms. The number of aryl methyl sites for hydroxylation is 2. The standard InChI is InChI=1S/C21H19NOS4Si/c1-9-6-13-18(24-9)19-14(28(13,4)5)7-12(26-19)17-20-15(10(2)25-17)11-8-22(3)21(23)16(11)27-20/h6-7H,8H2,1-5H3. The third-order valence-corrected chi connectivity index (χ3v) is 15.0. The van der Waals surface area contributed by atoms with Crippen molar-refractivity contribution in [3.63, 3.8) is 0 Å². The van der Waals surface area contributed by atoms with Gasteiger partial charge in [0.2, 0.25) is 0 Å². The van der Waals surface area contributed by atoms with E-state index in [2.05, 4.69) is 39.1 Å². The zero-order valence-electron chi connectivity index (χ0n) is 16.4. The molecular weight excluding hydrogens is 439 g/mol. The normalized spacial score (nSPS) is 16.9. The van der Waals surface area contributed by atoms with Crippen molar-refractivity contribution in [2.75, 3.05) is 7.05 Å². The molecule has 0 N–H and O–H groups in total. The lowest BCUT2D eigenvalue weighted by Gasteiger charge is -2.15. The fraction of sp³-hybridized carbons (Fsp3) is 0.286. The molecule has 0 saturated carbocycles. The fourth-order valence-corrected chi connectivity index (χ4v) is 14.6. The Morgan fingerprint density at radius 3 is 2.43 bits per heavy atom. The van der Waals surface area contributed by atoms with Gasteiger partial charge in [0.05, 0.1) is 14.5 Å². The summed E-state index contributed by atoms with van der Waals surface area (Å²) in [6.07, 6.45) is 0. The molecule has 28 heavy (non-hydrogen) atoms. The highest BCUT2D eigenvalue weighted by molar-refractivity contribution is 7.33. The largest absolute Gasteiger partial charge is 0.337 e. The molecule has 0 fully saturated rings. The SMILES string of the molecule is Cc1cc2c(s1)-c1sc(-c3sc(C)c4c5c(sc34)C(=O)N(C)C5)cc1[Si]2(C)C. The Morgan fingerprint density at radius 2 is 1.64 bits per heavy atom. The second-order valence-corrected chi connectivity index (χ2v) is 17.2. The molecule has 0 aliphatic carbocycles. The predicted molar refractivity (Wildman–Crippen MR) is 128 cm³/mol. The van der Waals surface area contributed by atoms with Crippen molar-refractivity contribution in [2.24, 2.45) is 0 Å². The Labute approximate surface area is 181 Å². The zero-order chi connectivity index (χ0) is 19.5. The van der Waals surface area contributed by atoms with Crippen LogP contribution in [0.25, 0.3) is 29.6 Å². The second-order valence-electron chi connectivity index (χ2n) is 8.34. The average Bonchev–Trinajstić information content (AvgIpc) is 3.40. The smallest absolute Gasteiger partial charge is 0.264 e. The van der Waals surface area contributed by atoms with E-state index in [9.17, 15) is 4.79 Å². The van der Waals surface area contributed by atoms with Crippen LogP contribution in [0, 0.1) is 13.8 Å². The third kappa shape index (κ3) is 2.04. The first-order valence-electron chi connectivity index (χ1n) is 9.33. The van der Waals surface area contributed by atoms with E-state index < -0.39 is 8.07 Å². The minimum atomic E-state index is -1.59. The van der Waals surface area contributed by atoms with Gasteiger partial charge in [0.1, 0.15) is 8.07 Å². The lowest BCUT2D eigenvalue weighted by atomic mass is 10.1. The molecule has 0 radical (unpaired) electrons. The van der Waals surface area contributed by atoms with Crippen LogP contribution in [-0.2, 0) is 6.54 Å². The summed E-state index contributed by atoms with van der Waals surface area (Å²) in [5.74, 6) is 0.187. The van der Waals surface area contributed by atoms with Gasteiger partial charge in [0.25, 0.3) is 5.91 Å². The van der Waals surface area contributed by atoms with Gasteiger partial charge in [-0.25, -0.2) is 0 Å². The molecule has 4 aromatic rings. The summed E-state index contributed by atoms with van der Waals surface area (Å²) in [6.45, 7) is 10.2. The Balaban J connectivity index is 1.57. The van der Waals surface area contributed by atoms with Gasteiger partial charge in [-0.2, -0.15) is 0 Å². The van der Waals surface area contributed by atoms with Crippen LogP contribution in [0.1, 0.15) is 25.0 Å². The molecule has 4 aromatic heterocycles. The number of hydrogen-bond donors (Lipinski definition) is 0. The third-order valence-electron chi connectivity index (χ3n) is 6.12. The Hall–Kier alpha value is -1.25. The zero-order valence-corrected chi connectivity index (χ0v) is 20.6. The molecule has 2 nitrogen and oxygen atoms in total. The summed E-state index contributed by atoms with van der Waals surface area (Å²) in [4.78, 5) is 23.9. The van der Waals surface area contributed by atoms with Gasteiger partial charge in [-0.1, -0.05) is 13.1 Å². The number of rotatable bonds is 1. The Kier molecular flexibility index (Phi) is 3.43. The van der Waals surface area contributed by atoms with Gasteiger partial charge in [0, 0.05) is 48.9 Å². The van der Waals surface area contributed by atoms with Gasteiger partial charge in [0.15, 0.2) is 0 Å². The molecule has 7 heteroatoms. The van der Waals surface area contributed by atoms with Gasteiger partial charge in [-0.05, 0) is 36.4 Å². The van der Waals surface area contributed by atoms with Crippen molar-refractivity contribution >= 4 is 79.8 Å². The summed E-state index contributed by atoms with van der Waals surface area (Å²) in [6, 6.07) is 4.91. The minimum absolute atomic E-state index is 0.187. The maximum absolute atomic E-state index is 12.5. The number of amides is 1. The first-order valence-corrected chi connectivity index (χ1v) is 15.6. The summed E-state index contributed by atoms with van der Waals surface area (Å²) in [5, 5.41) is 4.57. The number of thiophene rings is 4. The van der Waals surface area contributed by atoms with E-state index in [0.717, 1.165) is 11.4 Å². The van der Waals surface area contributed by atoms with E-state index >= 15 is 0 Å². The maximum Gasteiger partial charge on any atom is 0.264 e. The van der Waals surface area contributed by atoms with Gasteiger partial charge < -0.3 is 4.90 Å². The molecule has 6 heterocycles. The minimum Gasteiger partial charge on any atom is -0.337 e. The molecule has 0 bridgehead atoms. The van der Waals surface area contributed by atoms with E-state index in [-0.39, 0.29) is 5.91 Å². The van der Waals surface area contributed by atoms with E-state index in [1.165, 1.54) is 44.9 Å². The Bertz CT molecular complexity index is 1330. The van der Waals surface area contributed by atoms with Crippen molar-refractivity contribution in [1.29, 1.82) is 0 Å². The van der Waals surface area contributed by atoms with Crippen LogP contribution >= 0.6 is 45.3 Å². The molecule has 0 atom stereocenters. The van der Waals surface area contributed by atoms with Crippen molar-refractivity contribution in [2.45, 2.75) is 33.5 Å².